The van der Waals surface area contributed by atoms with Gasteiger partial charge >= 0.3 is 0 Å². The van der Waals surface area contributed by atoms with Crippen LogP contribution in [0.3, 0.4) is 0 Å². The summed E-state index contributed by atoms with van der Waals surface area (Å²) in [5.41, 5.74) is 0.401. The molecule has 0 radical (unpaired) electrons. The van der Waals surface area contributed by atoms with Gasteiger partial charge in [0, 0.05) is 45.3 Å². The van der Waals surface area contributed by atoms with Gasteiger partial charge in [-0.1, -0.05) is 6.92 Å². The van der Waals surface area contributed by atoms with Gasteiger partial charge in [0.2, 0.25) is 0 Å². The van der Waals surface area contributed by atoms with Gasteiger partial charge in [0.15, 0.2) is 0 Å². The summed E-state index contributed by atoms with van der Waals surface area (Å²) < 4.78 is 5.16. The van der Waals surface area contributed by atoms with Crippen LogP contribution in [0.25, 0.3) is 0 Å². The molecule has 0 saturated carbocycles. The molecule has 6 heteroatoms. The third-order valence-electron chi connectivity index (χ3n) is 5.22. The number of hydrogen-bond donors (Lipinski definition) is 1. The second-order valence-electron chi connectivity index (χ2n) is 6.85. The quantitative estimate of drug-likeness (QED) is 0.882. The Labute approximate surface area is 138 Å². The first kappa shape index (κ1) is 16.6. The summed E-state index contributed by atoms with van der Waals surface area (Å²) in [5.74, 6) is 1.24. The lowest BCUT2D eigenvalue weighted by molar-refractivity contribution is -0.0830. The highest BCUT2D eigenvalue weighted by Crippen LogP contribution is 2.36. The predicted octanol–water partition coefficient (Wildman–Crippen LogP) is 1.30. The highest BCUT2D eigenvalue weighted by atomic mass is 16.5. The fourth-order valence-corrected chi connectivity index (χ4v) is 3.88. The van der Waals surface area contributed by atoms with Crippen molar-refractivity contribution in [2.45, 2.75) is 38.4 Å². The Morgan fingerprint density at radius 2 is 2.13 bits per heavy atom. The SMILES string of the molecule is CCCN1CC[C@@]2(O)CCN(c3cc(COC)ncn3)C[C@H]2C1. The number of rotatable bonds is 5. The van der Waals surface area contributed by atoms with Gasteiger partial charge in [-0.05, 0) is 25.8 Å². The molecule has 2 aliphatic heterocycles. The largest absolute Gasteiger partial charge is 0.389 e. The van der Waals surface area contributed by atoms with Crippen molar-refractivity contribution in [3.8, 4) is 0 Å². The summed E-state index contributed by atoms with van der Waals surface area (Å²) in [6, 6.07) is 2.00. The van der Waals surface area contributed by atoms with Crippen LogP contribution in [0.2, 0.25) is 0 Å². The van der Waals surface area contributed by atoms with Crippen molar-refractivity contribution in [2.24, 2.45) is 5.92 Å². The lowest BCUT2D eigenvalue weighted by Gasteiger charge is -2.50. The minimum atomic E-state index is -0.497. The second kappa shape index (κ2) is 7.11. The van der Waals surface area contributed by atoms with E-state index in [1.165, 1.54) is 6.42 Å². The minimum Gasteiger partial charge on any atom is -0.389 e. The molecule has 6 nitrogen and oxygen atoms in total. The number of piperidine rings is 2. The van der Waals surface area contributed by atoms with Gasteiger partial charge in [-0.2, -0.15) is 0 Å². The van der Waals surface area contributed by atoms with Crippen LogP contribution < -0.4 is 4.90 Å². The molecule has 128 valence electrons. The Balaban J connectivity index is 1.71. The van der Waals surface area contributed by atoms with E-state index in [2.05, 4.69) is 26.7 Å². The highest BCUT2D eigenvalue weighted by molar-refractivity contribution is 5.40. The lowest BCUT2D eigenvalue weighted by atomic mass is 9.75. The number of anilines is 1. The molecule has 0 bridgehead atoms. The first-order valence-electron chi connectivity index (χ1n) is 8.64. The van der Waals surface area contributed by atoms with E-state index in [9.17, 15) is 5.11 Å². The molecule has 0 unspecified atom stereocenters. The number of aliphatic hydroxyl groups is 1. The van der Waals surface area contributed by atoms with E-state index in [0.29, 0.717) is 6.61 Å². The number of fused-ring (bicyclic) bond motifs is 1. The summed E-state index contributed by atoms with van der Waals surface area (Å²) in [5, 5.41) is 11.0. The molecule has 2 fully saturated rings. The molecule has 2 aliphatic rings. The molecule has 1 aromatic rings. The zero-order valence-electron chi connectivity index (χ0n) is 14.2. The van der Waals surface area contributed by atoms with Crippen LogP contribution in [-0.4, -0.2) is 65.4 Å². The maximum absolute atomic E-state index is 11.0. The van der Waals surface area contributed by atoms with Crippen LogP contribution in [0.5, 0.6) is 0 Å². The molecule has 0 aliphatic carbocycles. The number of nitrogens with zero attached hydrogens (tertiary/aromatic N) is 4. The summed E-state index contributed by atoms with van der Waals surface area (Å²) in [4.78, 5) is 13.4. The monoisotopic (exact) mass is 320 g/mol. The molecule has 1 aromatic heterocycles. The molecule has 1 N–H and O–H groups in total. The summed E-state index contributed by atoms with van der Waals surface area (Å²) in [6.07, 6.45) is 4.49. The van der Waals surface area contributed by atoms with Crippen LogP contribution in [0.15, 0.2) is 12.4 Å². The molecule has 3 rings (SSSR count). The van der Waals surface area contributed by atoms with Crippen molar-refractivity contribution < 1.29 is 9.84 Å². The van der Waals surface area contributed by atoms with Crippen molar-refractivity contribution in [3.05, 3.63) is 18.1 Å². The average Bonchev–Trinajstić information content (AvgIpc) is 2.56. The van der Waals surface area contributed by atoms with E-state index in [1.54, 1.807) is 13.4 Å². The Kier molecular flexibility index (Phi) is 5.14. The number of methoxy groups -OCH3 is 1. The van der Waals surface area contributed by atoms with E-state index in [1.807, 2.05) is 6.07 Å². The smallest absolute Gasteiger partial charge is 0.132 e. The third-order valence-corrected chi connectivity index (χ3v) is 5.22. The molecule has 2 atom stereocenters. The van der Waals surface area contributed by atoms with E-state index in [0.717, 1.165) is 57.1 Å². The summed E-state index contributed by atoms with van der Waals surface area (Å²) in [7, 11) is 1.67. The average molecular weight is 320 g/mol. The molecular weight excluding hydrogens is 292 g/mol. The van der Waals surface area contributed by atoms with Gasteiger partial charge in [0.1, 0.15) is 12.1 Å². The van der Waals surface area contributed by atoms with Gasteiger partial charge in [0.25, 0.3) is 0 Å². The van der Waals surface area contributed by atoms with Crippen molar-refractivity contribution in [1.29, 1.82) is 0 Å². The van der Waals surface area contributed by atoms with Crippen LogP contribution in [0, 0.1) is 5.92 Å². The van der Waals surface area contributed by atoms with Gasteiger partial charge < -0.3 is 19.6 Å². The number of ether oxygens (including phenoxy) is 1. The van der Waals surface area contributed by atoms with Crippen molar-refractivity contribution in [1.82, 2.24) is 14.9 Å². The van der Waals surface area contributed by atoms with Crippen molar-refractivity contribution in [3.63, 3.8) is 0 Å². The van der Waals surface area contributed by atoms with E-state index >= 15 is 0 Å². The standard InChI is InChI=1S/C17H28N4O2/c1-3-6-20-7-4-17(22)5-8-21(11-14(17)10-20)16-9-15(12-23-2)18-13-19-16/h9,13-14,22H,3-8,10-12H2,1-2H3/t14-,17-/m1/s1. The van der Waals surface area contributed by atoms with Crippen molar-refractivity contribution >= 4 is 5.82 Å². The van der Waals surface area contributed by atoms with Gasteiger partial charge in [0.05, 0.1) is 17.9 Å². The van der Waals surface area contributed by atoms with Gasteiger partial charge in [-0.3, -0.25) is 0 Å². The van der Waals surface area contributed by atoms with Crippen LogP contribution in [0.1, 0.15) is 31.9 Å². The highest BCUT2D eigenvalue weighted by Gasteiger charge is 2.45. The maximum Gasteiger partial charge on any atom is 0.132 e. The van der Waals surface area contributed by atoms with Gasteiger partial charge in [-0.25, -0.2) is 9.97 Å². The predicted molar refractivity (Wildman–Crippen MR) is 89.4 cm³/mol. The fraction of sp³-hybridized carbons (Fsp3) is 0.765. The Morgan fingerprint density at radius 3 is 2.91 bits per heavy atom. The summed E-state index contributed by atoms with van der Waals surface area (Å²) >= 11 is 0. The van der Waals surface area contributed by atoms with E-state index < -0.39 is 5.60 Å². The van der Waals surface area contributed by atoms with Gasteiger partial charge in [-0.15, -0.1) is 0 Å². The minimum absolute atomic E-state index is 0.289. The Morgan fingerprint density at radius 1 is 1.30 bits per heavy atom. The van der Waals surface area contributed by atoms with E-state index in [4.69, 9.17) is 4.74 Å². The first-order chi connectivity index (χ1) is 11.1. The number of hydrogen-bond acceptors (Lipinski definition) is 6. The number of aromatic nitrogens is 2. The molecule has 0 amide bonds. The molecule has 3 heterocycles. The Hall–Kier alpha value is -1.24. The third kappa shape index (κ3) is 3.65. The molecule has 0 spiro atoms. The lowest BCUT2D eigenvalue weighted by Crippen LogP contribution is -2.60. The fourth-order valence-electron chi connectivity index (χ4n) is 3.88. The molecule has 0 aromatic carbocycles. The molecule has 23 heavy (non-hydrogen) atoms. The maximum atomic E-state index is 11.0. The van der Waals surface area contributed by atoms with Crippen molar-refractivity contribution in [2.75, 3.05) is 44.7 Å². The van der Waals surface area contributed by atoms with Crippen LogP contribution in [-0.2, 0) is 11.3 Å². The molecule has 2 saturated heterocycles. The first-order valence-corrected chi connectivity index (χ1v) is 8.64. The van der Waals surface area contributed by atoms with Crippen LogP contribution >= 0.6 is 0 Å². The zero-order chi connectivity index (χ0) is 16.3. The molecular formula is C17H28N4O2. The normalized spacial score (nSPS) is 28.7. The number of likely N-dealkylation sites (tertiary alicyclic amines) is 1. The summed E-state index contributed by atoms with van der Waals surface area (Å²) in [6.45, 7) is 7.55. The zero-order valence-corrected chi connectivity index (χ0v) is 14.2. The van der Waals surface area contributed by atoms with Crippen LogP contribution in [0.4, 0.5) is 5.82 Å². The Bertz CT molecular complexity index is 527. The van der Waals surface area contributed by atoms with E-state index in [-0.39, 0.29) is 5.92 Å². The topological polar surface area (TPSA) is 61.7 Å². The second-order valence-corrected chi connectivity index (χ2v) is 6.85.